The second kappa shape index (κ2) is 6.29. The van der Waals surface area contributed by atoms with Gasteiger partial charge in [-0.2, -0.15) is 0 Å². The number of fused-ring (bicyclic) bond motifs is 1. The van der Waals surface area contributed by atoms with Gasteiger partial charge in [0.05, 0.1) is 0 Å². The van der Waals surface area contributed by atoms with Gasteiger partial charge in [0.15, 0.2) is 0 Å². The average Bonchev–Trinajstić information content (AvgIpc) is 2.43. The summed E-state index contributed by atoms with van der Waals surface area (Å²) in [4.78, 5) is 28.3. The first-order valence-corrected chi connectivity index (χ1v) is 6.60. The molecule has 0 saturated heterocycles. The van der Waals surface area contributed by atoms with Gasteiger partial charge in [0.1, 0.15) is 11.2 Å². The normalized spacial score (nSPS) is 10.7. The van der Waals surface area contributed by atoms with Crippen molar-refractivity contribution in [2.45, 2.75) is 19.8 Å². The Morgan fingerprint density at radius 2 is 2.25 bits per heavy atom. The molecule has 20 heavy (non-hydrogen) atoms. The highest BCUT2D eigenvalue weighted by atomic mass is 16.2. The second-order valence-electron chi connectivity index (χ2n) is 4.66. The van der Waals surface area contributed by atoms with E-state index in [9.17, 15) is 9.59 Å². The van der Waals surface area contributed by atoms with Gasteiger partial charge in [-0.25, -0.2) is 4.98 Å². The summed E-state index contributed by atoms with van der Waals surface area (Å²) in [5, 5.41) is 2.70. The topological polar surface area (TPSA) is 89.5 Å². The van der Waals surface area contributed by atoms with Crippen molar-refractivity contribution in [2.75, 3.05) is 13.1 Å². The zero-order valence-electron chi connectivity index (χ0n) is 11.4. The molecular formula is C14H18N4O2. The van der Waals surface area contributed by atoms with Gasteiger partial charge in [-0.1, -0.05) is 0 Å². The lowest BCUT2D eigenvalue weighted by Crippen LogP contribution is -2.32. The average molecular weight is 274 g/mol. The fourth-order valence-corrected chi connectivity index (χ4v) is 1.90. The summed E-state index contributed by atoms with van der Waals surface area (Å²) in [7, 11) is 0. The molecule has 0 atom stereocenters. The second-order valence-corrected chi connectivity index (χ2v) is 4.66. The lowest BCUT2D eigenvalue weighted by Gasteiger charge is -2.06. The van der Waals surface area contributed by atoms with Gasteiger partial charge in [0.25, 0.3) is 11.5 Å². The van der Waals surface area contributed by atoms with Gasteiger partial charge in [0, 0.05) is 18.9 Å². The molecule has 6 heteroatoms. The summed E-state index contributed by atoms with van der Waals surface area (Å²) in [6, 6.07) is 3.60. The quantitative estimate of drug-likeness (QED) is 0.776. The first-order chi connectivity index (χ1) is 9.63. The van der Waals surface area contributed by atoms with Gasteiger partial charge in [-0.3, -0.25) is 14.0 Å². The molecule has 3 N–H and O–H groups in total. The Kier molecular flexibility index (Phi) is 4.47. The number of hydrogen-bond donors (Lipinski definition) is 2. The van der Waals surface area contributed by atoms with Crippen LogP contribution in [0.1, 0.15) is 28.8 Å². The van der Waals surface area contributed by atoms with Crippen LogP contribution >= 0.6 is 0 Å². The van der Waals surface area contributed by atoms with Crippen LogP contribution < -0.4 is 16.6 Å². The molecule has 2 aromatic rings. The minimum absolute atomic E-state index is 0.0547. The van der Waals surface area contributed by atoms with E-state index < -0.39 is 5.91 Å². The van der Waals surface area contributed by atoms with Crippen molar-refractivity contribution in [1.82, 2.24) is 14.7 Å². The van der Waals surface area contributed by atoms with E-state index in [1.165, 1.54) is 10.6 Å². The third-order valence-electron chi connectivity index (χ3n) is 3.03. The van der Waals surface area contributed by atoms with E-state index in [2.05, 4.69) is 10.3 Å². The van der Waals surface area contributed by atoms with E-state index >= 15 is 0 Å². The predicted molar refractivity (Wildman–Crippen MR) is 76.8 cm³/mol. The summed E-state index contributed by atoms with van der Waals surface area (Å²) in [6.07, 6.45) is 4.60. The molecule has 6 nitrogen and oxygen atoms in total. The van der Waals surface area contributed by atoms with Crippen molar-refractivity contribution in [1.29, 1.82) is 0 Å². The number of unbranched alkanes of at least 4 members (excludes halogenated alkanes) is 1. The Hall–Kier alpha value is -2.21. The fourth-order valence-electron chi connectivity index (χ4n) is 1.90. The van der Waals surface area contributed by atoms with Crippen LogP contribution in [0.25, 0.3) is 5.65 Å². The first-order valence-electron chi connectivity index (χ1n) is 6.60. The van der Waals surface area contributed by atoms with Crippen LogP contribution in [0.15, 0.2) is 29.3 Å². The van der Waals surface area contributed by atoms with Crippen LogP contribution in [0.3, 0.4) is 0 Å². The van der Waals surface area contributed by atoms with Gasteiger partial charge in [0.2, 0.25) is 0 Å². The smallest absolute Gasteiger partial charge is 0.270 e. The number of amides is 1. The molecule has 0 bridgehead atoms. The Labute approximate surface area is 116 Å². The Balaban J connectivity index is 2.22. The van der Waals surface area contributed by atoms with Crippen LogP contribution in [0.2, 0.25) is 0 Å². The van der Waals surface area contributed by atoms with Crippen molar-refractivity contribution in [3.8, 4) is 0 Å². The summed E-state index contributed by atoms with van der Waals surface area (Å²) in [6.45, 7) is 3.02. The number of nitrogens with zero attached hydrogens (tertiary/aromatic N) is 2. The third-order valence-corrected chi connectivity index (χ3v) is 3.03. The van der Waals surface area contributed by atoms with Crippen molar-refractivity contribution >= 4 is 11.6 Å². The molecule has 0 saturated carbocycles. The highest BCUT2D eigenvalue weighted by Gasteiger charge is 2.12. The minimum atomic E-state index is -0.394. The van der Waals surface area contributed by atoms with E-state index in [1.807, 2.05) is 6.92 Å². The number of aryl methyl sites for hydroxylation is 1. The number of rotatable bonds is 5. The van der Waals surface area contributed by atoms with E-state index in [0.717, 1.165) is 18.4 Å². The molecule has 0 aliphatic carbocycles. The Bertz CT molecular complexity index is 678. The van der Waals surface area contributed by atoms with Crippen LogP contribution in [-0.2, 0) is 0 Å². The molecule has 0 aromatic carbocycles. The zero-order valence-corrected chi connectivity index (χ0v) is 11.4. The van der Waals surface area contributed by atoms with E-state index in [4.69, 9.17) is 5.73 Å². The molecule has 0 spiro atoms. The highest BCUT2D eigenvalue weighted by Crippen LogP contribution is 2.02. The lowest BCUT2D eigenvalue weighted by atomic mass is 10.2. The highest BCUT2D eigenvalue weighted by molar-refractivity contribution is 5.93. The predicted octanol–water partition coefficient (Wildman–Crippen LogP) is 0.472. The number of nitrogens with one attached hydrogen (secondary N) is 1. The monoisotopic (exact) mass is 274 g/mol. The Morgan fingerprint density at radius 1 is 1.45 bits per heavy atom. The molecular weight excluding hydrogens is 256 g/mol. The number of pyridine rings is 1. The number of hydrogen-bond acceptors (Lipinski definition) is 4. The molecule has 0 aliphatic rings. The maximum atomic E-state index is 12.2. The summed E-state index contributed by atoms with van der Waals surface area (Å²) in [5.41, 5.74) is 6.63. The van der Waals surface area contributed by atoms with Crippen molar-refractivity contribution in [3.63, 3.8) is 0 Å². The van der Waals surface area contributed by atoms with E-state index in [1.54, 1.807) is 18.3 Å². The molecule has 0 unspecified atom stereocenters. The Morgan fingerprint density at radius 3 is 3.00 bits per heavy atom. The molecule has 0 aliphatic heterocycles. The molecule has 2 rings (SSSR count). The standard InChI is InChI=1S/C14H18N4O2/c1-10-4-7-18-12(8-10)17-9-11(14(18)20)13(19)16-6-3-2-5-15/h4,7-9H,2-3,5-6,15H2,1H3,(H,16,19). The van der Waals surface area contributed by atoms with Crippen molar-refractivity contribution in [2.24, 2.45) is 5.73 Å². The molecule has 0 radical (unpaired) electrons. The maximum Gasteiger partial charge on any atom is 0.270 e. The van der Waals surface area contributed by atoms with Gasteiger partial charge in [-0.15, -0.1) is 0 Å². The van der Waals surface area contributed by atoms with Crippen molar-refractivity contribution in [3.05, 3.63) is 46.0 Å². The molecule has 2 heterocycles. The van der Waals surface area contributed by atoms with Crippen molar-refractivity contribution < 1.29 is 4.79 Å². The zero-order chi connectivity index (χ0) is 14.5. The van der Waals surface area contributed by atoms with Crippen LogP contribution in [0.5, 0.6) is 0 Å². The summed E-state index contributed by atoms with van der Waals surface area (Å²) >= 11 is 0. The largest absolute Gasteiger partial charge is 0.352 e. The number of carbonyl (C=O) groups is 1. The molecule has 106 valence electrons. The summed E-state index contributed by atoms with van der Waals surface area (Å²) < 4.78 is 1.38. The SMILES string of the molecule is Cc1ccn2c(=O)c(C(=O)NCCCCN)cnc2c1. The third kappa shape index (κ3) is 3.03. The van der Waals surface area contributed by atoms with Crippen LogP contribution in [-0.4, -0.2) is 28.4 Å². The first kappa shape index (κ1) is 14.2. The molecule has 2 aromatic heterocycles. The number of aromatic nitrogens is 2. The van der Waals surface area contributed by atoms with E-state index in [0.29, 0.717) is 18.7 Å². The fraction of sp³-hybridized carbons (Fsp3) is 0.357. The maximum absolute atomic E-state index is 12.2. The minimum Gasteiger partial charge on any atom is -0.352 e. The van der Waals surface area contributed by atoms with Gasteiger partial charge in [-0.05, 0) is 44.0 Å². The number of carbonyl (C=O) groups excluding carboxylic acids is 1. The lowest BCUT2D eigenvalue weighted by molar-refractivity contribution is 0.0951. The van der Waals surface area contributed by atoms with Gasteiger partial charge < -0.3 is 11.1 Å². The molecule has 1 amide bonds. The van der Waals surface area contributed by atoms with Gasteiger partial charge >= 0.3 is 0 Å². The van der Waals surface area contributed by atoms with Crippen LogP contribution in [0, 0.1) is 6.92 Å². The van der Waals surface area contributed by atoms with E-state index in [-0.39, 0.29) is 11.1 Å². The summed E-state index contributed by atoms with van der Waals surface area (Å²) in [5.74, 6) is -0.394. The van der Waals surface area contributed by atoms with Crippen LogP contribution in [0.4, 0.5) is 0 Å². The molecule has 0 fully saturated rings. The number of nitrogens with two attached hydrogens (primary N) is 1.